The van der Waals surface area contributed by atoms with Crippen LogP contribution in [0.15, 0.2) is 53.6 Å². The summed E-state index contributed by atoms with van der Waals surface area (Å²) in [5.41, 5.74) is 2.03. The van der Waals surface area contributed by atoms with Crippen molar-refractivity contribution in [2.45, 2.75) is 19.8 Å². The Morgan fingerprint density at radius 3 is 2.39 bits per heavy atom. The predicted molar refractivity (Wildman–Crippen MR) is 125 cm³/mol. The molecule has 0 radical (unpaired) electrons. The molecule has 0 aromatic heterocycles. The van der Waals surface area contributed by atoms with Crippen molar-refractivity contribution in [2.24, 2.45) is 5.10 Å². The van der Waals surface area contributed by atoms with Gasteiger partial charge in [-0.05, 0) is 48.9 Å². The standard InChI is InChI=1S/C24H25ClN4O4/c1-17-3-2-4-19(15-17)29-22(30)10-9-21(26-29)24(32)28-13-11-27(12-14-28)23(31)16-33-20-7-5-18(25)6-8-20/h2-8,15H,9-14,16H2,1H3. The average Bonchev–Trinajstić information content (AvgIpc) is 2.83. The lowest BCUT2D eigenvalue weighted by atomic mass is 10.1. The molecule has 1 saturated heterocycles. The molecule has 2 aromatic carbocycles. The second-order valence-corrected chi connectivity index (χ2v) is 8.44. The quantitative estimate of drug-likeness (QED) is 0.675. The van der Waals surface area contributed by atoms with Crippen LogP contribution in [-0.2, 0) is 14.4 Å². The minimum atomic E-state index is -0.190. The van der Waals surface area contributed by atoms with Crippen molar-refractivity contribution in [3.05, 3.63) is 59.1 Å². The highest BCUT2D eigenvalue weighted by Gasteiger charge is 2.31. The number of benzene rings is 2. The van der Waals surface area contributed by atoms with Gasteiger partial charge in [-0.2, -0.15) is 5.10 Å². The van der Waals surface area contributed by atoms with Crippen molar-refractivity contribution in [3.8, 4) is 5.75 Å². The van der Waals surface area contributed by atoms with Gasteiger partial charge in [0.2, 0.25) is 5.91 Å². The summed E-state index contributed by atoms with van der Waals surface area (Å²) >= 11 is 5.85. The maximum atomic E-state index is 13.0. The Hall–Kier alpha value is -3.39. The van der Waals surface area contributed by atoms with E-state index in [1.54, 1.807) is 40.1 Å². The average molecular weight is 469 g/mol. The van der Waals surface area contributed by atoms with Crippen molar-refractivity contribution < 1.29 is 19.1 Å². The molecule has 3 amide bonds. The van der Waals surface area contributed by atoms with Crippen LogP contribution in [0.25, 0.3) is 0 Å². The van der Waals surface area contributed by atoms with Gasteiger partial charge in [0.25, 0.3) is 11.8 Å². The summed E-state index contributed by atoms with van der Waals surface area (Å²) in [6.45, 7) is 3.52. The zero-order valence-corrected chi connectivity index (χ0v) is 19.1. The van der Waals surface area contributed by atoms with E-state index < -0.39 is 0 Å². The molecule has 2 heterocycles. The van der Waals surface area contributed by atoms with Gasteiger partial charge in [0.15, 0.2) is 6.61 Å². The van der Waals surface area contributed by atoms with E-state index in [1.165, 1.54) is 5.01 Å². The highest BCUT2D eigenvalue weighted by Crippen LogP contribution is 2.22. The van der Waals surface area contributed by atoms with Crippen molar-refractivity contribution in [1.82, 2.24) is 9.80 Å². The summed E-state index contributed by atoms with van der Waals surface area (Å²) in [4.78, 5) is 41.3. The highest BCUT2D eigenvalue weighted by molar-refractivity contribution is 6.40. The first-order valence-corrected chi connectivity index (χ1v) is 11.2. The lowest BCUT2D eigenvalue weighted by molar-refractivity contribution is -0.138. The number of piperazine rings is 1. The first-order valence-electron chi connectivity index (χ1n) is 10.8. The minimum Gasteiger partial charge on any atom is -0.484 e. The van der Waals surface area contributed by atoms with Crippen LogP contribution in [0.4, 0.5) is 5.69 Å². The van der Waals surface area contributed by atoms with E-state index in [-0.39, 0.29) is 30.7 Å². The Morgan fingerprint density at radius 1 is 1.00 bits per heavy atom. The van der Waals surface area contributed by atoms with E-state index in [9.17, 15) is 14.4 Å². The molecule has 2 aromatic rings. The fourth-order valence-corrected chi connectivity index (χ4v) is 3.90. The highest BCUT2D eigenvalue weighted by atomic mass is 35.5. The molecule has 0 N–H and O–H groups in total. The maximum Gasteiger partial charge on any atom is 0.270 e. The molecule has 0 atom stereocenters. The van der Waals surface area contributed by atoms with Gasteiger partial charge < -0.3 is 14.5 Å². The van der Waals surface area contributed by atoms with Crippen LogP contribution in [-0.4, -0.2) is 66.0 Å². The molecule has 9 heteroatoms. The summed E-state index contributed by atoms with van der Waals surface area (Å²) in [5, 5.41) is 6.29. The summed E-state index contributed by atoms with van der Waals surface area (Å²) < 4.78 is 5.53. The molecule has 0 aliphatic carbocycles. The summed E-state index contributed by atoms with van der Waals surface area (Å²) in [6, 6.07) is 14.3. The van der Waals surface area contributed by atoms with Crippen LogP contribution < -0.4 is 9.75 Å². The van der Waals surface area contributed by atoms with Crippen LogP contribution in [0.2, 0.25) is 5.02 Å². The van der Waals surface area contributed by atoms with Gasteiger partial charge in [-0.3, -0.25) is 14.4 Å². The van der Waals surface area contributed by atoms with Gasteiger partial charge in [-0.25, -0.2) is 5.01 Å². The van der Waals surface area contributed by atoms with E-state index in [4.69, 9.17) is 16.3 Å². The number of halogens is 1. The Labute approximate surface area is 197 Å². The number of amides is 3. The molecule has 0 spiro atoms. The maximum absolute atomic E-state index is 13.0. The van der Waals surface area contributed by atoms with Crippen molar-refractivity contribution in [3.63, 3.8) is 0 Å². The molecule has 172 valence electrons. The van der Waals surface area contributed by atoms with Gasteiger partial charge in [-0.1, -0.05) is 23.7 Å². The number of carbonyl (C=O) groups is 3. The summed E-state index contributed by atoms with van der Waals surface area (Å²) in [6.07, 6.45) is 0.549. The van der Waals surface area contributed by atoms with Gasteiger partial charge in [0, 0.05) is 44.0 Å². The molecule has 2 aliphatic heterocycles. The fraction of sp³-hybridized carbons (Fsp3) is 0.333. The molecular weight excluding hydrogens is 444 g/mol. The van der Waals surface area contributed by atoms with E-state index in [0.29, 0.717) is 54.8 Å². The SMILES string of the molecule is Cc1cccc(N2N=C(C(=O)N3CCN(C(=O)COc4ccc(Cl)cc4)CC3)CCC2=O)c1. The Kier molecular flexibility index (Phi) is 6.93. The number of nitrogens with zero attached hydrogens (tertiary/aromatic N) is 4. The van der Waals surface area contributed by atoms with Crippen LogP contribution in [0.5, 0.6) is 5.75 Å². The van der Waals surface area contributed by atoms with E-state index in [2.05, 4.69) is 5.10 Å². The summed E-state index contributed by atoms with van der Waals surface area (Å²) in [7, 11) is 0. The first kappa shape index (κ1) is 22.8. The van der Waals surface area contributed by atoms with E-state index in [0.717, 1.165) is 5.56 Å². The monoisotopic (exact) mass is 468 g/mol. The first-order chi connectivity index (χ1) is 15.9. The topological polar surface area (TPSA) is 82.5 Å². The van der Waals surface area contributed by atoms with Crippen LogP contribution in [0.3, 0.4) is 0 Å². The largest absolute Gasteiger partial charge is 0.484 e. The predicted octanol–water partition coefficient (Wildman–Crippen LogP) is 2.88. The molecule has 1 fully saturated rings. The minimum absolute atomic E-state index is 0.0736. The van der Waals surface area contributed by atoms with E-state index >= 15 is 0 Å². The second-order valence-electron chi connectivity index (χ2n) is 8.01. The second kappa shape index (κ2) is 10.0. The van der Waals surface area contributed by atoms with Gasteiger partial charge >= 0.3 is 0 Å². The lowest BCUT2D eigenvalue weighted by Gasteiger charge is -2.35. The Balaban J connectivity index is 1.33. The number of hydrogen-bond donors (Lipinski definition) is 0. The van der Waals surface area contributed by atoms with Crippen molar-refractivity contribution >= 4 is 40.7 Å². The summed E-state index contributed by atoms with van der Waals surface area (Å²) in [5.74, 6) is 0.116. The van der Waals surface area contributed by atoms with Crippen LogP contribution in [0, 0.1) is 6.92 Å². The zero-order valence-electron chi connectivity index (χ0n) is 18.4. The third-order valence-corrected chi connectivity index (χ3v) is 5.87. The fourth-order valence-electron chi connectivity index (χ4n) is 3.78. The zero-order chi connectivity index (χ0) is 23.4. The number of hydrogen-bond acceptors (Lipinski definition) is 5. The van der Waals surface area contributed by atoms with Gasteiger partial charge in [0.1, 0.15) is 11.5 Å². The smallest absolute Gasteiger partial charge is 0.270 e. The third kappa shape index (κ3) is 5.51. The molecule has 2 aliphatic rings. The van der Waals surface area contributed by atoms with E-state index in [1.807, 2.05) is 25.1 Å². The molecular formula is C24H25ClN4O4. The molecule has 0 bridgehead atoms. The number of anilines is 1. The normalized spacial score (nSPS) is 16.5. The molecule has 0 unspecified atom stereocenters. The van der Waals surface area contributed by atoms with Gasteiger partial charge in [0.05, 0.1) is 5.69 Å². The van der Waals surface area contributed by atoms with Crippen molar-refractivity contribution in [1.29, 1.82) is 0 Å². The van der Waals surface area contributed by atoms with Crippen LogP contribution >= 0.6 is 11.6 Å². The molecule has 4 rings (SSSR count). The number of rotatable bonds is 5. The Morgan fingerprint density at radius 2 is 1.70 bits per heavy atom. The number of aryl methyl sites for hydroxylation is 1. The third-order valence-electron chi connectivity index (χ3n) is 5.62. The van der Waals surface area contributed by atoms with Crippen LogP contribution in [0.1, 0.15) is 18.4 Å². The number of hydrazone groups is 1. The number of ether oxygens (including phenoxy) is 1. The molecule has 8 nitrogen and oxygen atoms in total. The van der Waals surface area contributed by atoms with Crippen molar-refractivity contribution in [2.75, 3.05) is 37.8 Å². The Bertz CT molecular complexity index is 1080. The molecule has 0 saturated carbocycles. The lowest BCUT2D eigenvalue weighted by Crippen LogP contribution is -2.53. The van der Waals surface area contributed by atoms with Gasteiger partial charge in [-0.15, -0.1) is 0 Å². The molecule has 33 heavy (non-hydrogen) atoms. The number of carbonyl (C=O) groups excluding carboxylic acids is 3.